The van der Waals surface area contributed by atoms with Crippen LogP contribution in [0.5, 0.6) is 0 Å². The van der Waals surface area contributed by atoms with E-state index < -0.39 is 5.60 Å². The van der Waals surface area contributed by atoms with Gasteiger partial charge in [0.15, 0.2) is 0 Å². The molecule has 3 aliphatic rings. The highest BCUT2D eigenvalue weighted by Gasteiger charge is 2.28. The highest BCUT2D eigenvalue weighted by molar-refractivity contribution is 6.08. The van der Waals surface area contributed by atoms with Crippen LogP contribution in [-0.2, 0) is 4.74 Å². The Labute approximate surface area is 214 Å². The molecule has 5 rings (SSSR count). The monoisotopic (exact) mass is 486 g/mol. The number of ether oxygens (including phenoxy) is 1. The van der Waals surface area contributed by atoms with Gasteiger partial charge in [-0.3, -0.25) is 4.99 Å². The fraction of sp³-hybridized carbons (Fsp3) is 0.500. The summed E-state index contributed by atoms with van der Waals surface area (Å²) in [4.78, 5) is 27.0. The Bertz CT molecular complexity index is 1260. The largest absolute Gasteiger partial charge is 0.444 e. The van der Waals surface area contributed by atoms with Gasteiger partial charge in [-0.25, -0.2) is 9.79 Å². The third-order valence-electron chi connectivity index (χ3n) is 7.38. The Kier molecular flexibility index (Phi) is 6.62. The molecule has 0 radical (unpaired) electrons. The Morgan fingerprint density at radius 2 is 1.92 bits per heavy atom. The molecule has 0 bridgehead atoms. The highest BCUT2D eigenvalue weighted by atomic mass is 16.6. The van der Waals surface area contributed by atoms with Gasteiger partial charge >= 0.3 is 6.09 Å². The van der Waals surface area contributed by atoms with Gasteiger partial charge in [0.2, 0.25) is 0 Å². The second-order valence-electron chi connectivity index (χ2n) is 11.5. The molecule has 1 aromatic carbocycles. The summed E-state index contributed by atoms with van der Waals surface area (Å²) in [5, 5.41) is 1.31. The molecule has 1 atom stereocenters. The molecule has 1 saturated heterocycles. The van der Waals surface area contributed by atoms with Crippen molar-refractivity contribution in [3.63, 3.8) is 0 Å². The van der Waals surface area contributed by atoms with Crippen molar-refractivity contribution in [2.75, 3.05) is 13.1 Å². The van der Waals surface area contributed by atoms with Crippen LogP contribution in [0.15, 0.2) is 46.4 Å². The number of piperidine rings is 1. The number of rotatable bonds is 3. The summed E-state index contributed by atoms with van der Waals surface area (Å²) in [7, 11) is 0. The molecule has 1 fully saturated rings. The van der Waals surface area contributed by atoms with Crippen LogP contribution in [0.2, 0.25) is 0 Å². The molecule has 190 valence electrons. The van der Waals surface area contributed by atoms with Gasteiger partial charge < -0.3 is 14.6 Å². The van der Waals surface area contributed by atoms with Gasteiger partial charge in [0, 0.05) is 29.7 Å². The number of nitrogens with zero attached hydrogens (tertiary/aromatic N) is 3. The normalized spacial score (nSPS) is 23.2. The van der Waals surface area contributed by atoms with Gasteiger partial charge in [0.05, 0.1) is 11.8 Å². The first kappa shape index (κ1) is 24.5. The SMILES string of the molecule is CC(C)c1c(C2=C/CCC3N=CN=C3/C=C\2)[nH]c2ccc(C3CCN(C(=O)OC(C)(C)C)CC3)cc12. The summed E-state index contributed by atoms with van der Waals surface area (Å²) in [6.07, 6.45) is 12.0. The van der Waals surface area contributed by atoms with Gasteiger partial charge in [0.1, 0.15) is 11.9 Å². The number of allylic oxidation sites excluding steroid dienone is 3. The van der Waals surface area contributed by atoms with Crippen molar-refractivity contribution in [2.45, 2.75) is 83.8 Å². The van der Waals surface area contributed by atoms with E-state index in [1.807, 2.05) is 25.7 Å². The van der Waals surface area contributed by atoms with Crippen molar-refractivity contribution in [1.29, 1.82) is 0 Å². The molecular weight excluding hydrogens is 448 g/mol. The third-order valence-corrected chi connectivity index (χ3v) is 7.38. The molecule has 3 heterocycles. The molecule has 1 aromatic heterocycles. The average Bonchev–Trinajstić information content (AvgIpc) is 3.41. The zero-order valence-electron chi connectivity index (χ0n) is 22.2. The summed E-state index contributed by atoms with van der Waals surface area (Å²) in [5.74, 6) is 0.835. The maximum Gasteiger partial charge on any atom is 0.410 e. The van der Waals surface area contributed by atoms with Gasteiger partial charge in [-0.05, 0) is 93.2 Å². The minimum absolute atomic E-state index is 0.198. The molecule has 0 spiro atoms. The molecule has 6 heteroatoms. The lowest BCUT2D eigenvalue weighted by atomic mass is 9.87. The maximum atomic E-state index is 12.5. The molecule has 6 nitrogen and oxygen atoms in total. The smallest absolute Gasteiger partial charge is 0.410 e. The van der Waals surface area contributed by atoms with E-state index in [0.29, 0.717) is 11.8 Å². The van der Waals surface area contributed by atoms with Crippen LogP contribution in [0.25, 0.3) is 16.5 Å². The molecule has 2 aliphatic heterocycles. The zero-order valence-corrected chi connectivity index (χ0v) is 22.2. The van der Waals surface area contributed by atoms with Gasteiger partial charge in [0.25, 0.3) is 0 Å². The Hall–Kier alpha value is -3.15. The third kappa shape index (κ3) is 5.04. The van der Waals surface area contributed by atoms with Crippen molar-refractivity contribution >= 4 is 34.6 Å². The summed E-state index contributed by atoms with van der Waals surface area (Å²) in [6, 6.07) is 7.09. The van der Waals surface area contributed by atoms with Crippen LogP contribution in [0.3, 0.4) is 0 Å². The van der Waals surface area contributed by atoms with E-state index in [-0.39, 0.29) is 12.1 Å². The lowest BCUT2D eigenvalue weighted by molar-refractivity contribution is 0.0205. The molecular formula is C30H38N4O2. The standard InChI is InChI=1S/C30H38N4O2/c1-19(2)27-23-17-22(20-13-15-34(16-14-20)29(35)36-30(3,4)5)10-11-24(23)33-28(27)21-7-6-8-25-26(12-9-21)32-18-31-25/h7,9-12,17-20,25,33H,6,8,13-16H2,1-5H3/b12-9-,21-7+. The van der Waals surface area contributed by atoms with Crippen LogP contribution < -0.4 is 0 Å². The number of benzene rings is 1. The summed E-state index contributed by atoms with van der Waals surface area (Å²) in [5.41, 5.74) is 6.96. The second-order valence-corrected chi connectivity index (χ2v) is 11.5. The number of likely N-dealkylation sites (tertiary alicyclic amines) is 1. The number of hydrogen-bond donors (Lipinski definition) is 1. The summed E-state index contributed by atoms with van der Waals surface area (Å²) in [6.45, 7) is 11.8. The predicted octanol–water partition coefficient (Wildman–Crippen LogP) is 6.99. The minimum atomic E-state index is -0.459. The van der Waals surface area contributed by atoms with Crippen LogP contribution in [0.1, 0.15) is 89.0 Å². The second kappa shape index (κ2) is 9.72. The number of hydrogen-bond acceptors (Lipinski definition) is 4. The highest BCUT2D eigenvalue weighted by Crippen LogP contribution is 2.38. The van der Waals surface area contributed by atoms with E-state index in [1.165, 1.54) is 33.3 Å². The van der Waals surface area contributed by atoms with E-state index in [2.05, 4.69) is 65.2 Å². The number of aromatic nitrogens is 1. The number of fused-ring (bicyclic) bond motifs is 2. The molecule has 1 aliphatic carbocycles. The van der Waals surface area contributed by atoms with Crippen LogP contribution in [0, 0.1) is 0 Å². The van der Waals surface area contributed by atoms with Crippen molar-refractivity contribution in [3.05, 3.63) is 53.2 Å². The first-order chi connectivity index (χ1) is 17.2. The summed E-state index contributed by atoms with van der Waals surface area (Å²) >= 11 is 0. The molecule has 36 heavy (non-hydrogen) atoms. The van der Waals surface area contributed by atoms with Crippen molar-refractivity contribution < 1.29 is 9.53 Å². The van der Waals surface area contributed by atoms with Gasteiger partial charge in [-0.15, -0.1) is 0 Å². The van der Waals surface area contributed by atoms with Crippen LogP contribution >= 0.6 is 0 Å². The van der Waals surface area contributed by atoms with E-state index >= 15 is 0 Å². The Morgan fingerprint density at radius 1 is 1.14 bits per heavy atom. The van der Waals surface area contributed by atoms with E-state index in [4.69, 9.17) is 4.74 Å². The number of amides is 1. The number of H-pyrrole nitrogens is 1. The molecule has 2 aromatic rings. The Balaban J connectivity index is 1.39. The topological polar surface area (TPSA) is 70.0 Å². The maximum absolute atomic E-state index is 12.5. The number of aromatic amines is 1. The predicted molar refractivity (Wildman–Crippen MR) is 148 cm³/mol. The lowest BCUT2D eigenvalue weighted by Crippen LogP contribution is -2.41. The van der Waals surface area contributed by atoms with E-state index in [0.717, 1.165) is 44.5 Å². The summed E-state index contributed by atoms with van der Waals surface area (Å²) < 4.78 is 5.58. The van der Waals surface area contributed by atoms with Crippen molar-refractivity contribution in [3.8, 4) is 0 Å². The molecule has 1 unspecified atom stereocenters. The first-order valence-corrected chi connectivity index (χ1v) is 13.3. The fourth-order valence-electron chi connectivity index (χ4n) is 5.58. The van der Waals surface area contributed by atoms with Gasteiger partial charge in [-0.1, -0.05) is 32.1 Å². The number of nitrogens with one attached hydrogen (secondary N) is 1. The molecule has 1 amide bonds. The number of carbonyl (C=O) groups excluding carboxylic acids is 1. The lowest BCUT2D eigenvalue weighted by Gasteiger charge is -2.33. The number of aliphatic imine (C=N–C) groups is 2. The minimum Gasteiger partial charge on any atom is -0.444 e. The quantitative estimate of drug-likeness (QED) is 0.508. The fourth-order valence-corrected chi connectivity index (χ4v) is 5.58. The number of carbonyl (C=O) groups is 1. The van der Waals surface area contributed by atoms with E-state index in [9.17, 15) is 4.79 Å². The van der Waals surface area contributed by atoms with E-state index in [1.54, 1.807) is 6.34 Å². The molecule has 0 saturated carbocycles. The Morgan fingerprint density at radius 3 is 2.64 bits per heavy atom. The average molecular weight is 487 g/mol. The zero-order chi connectivity index (χ0) is 25.4. The van der Waals surface area contributed by atoms with Crippen LogP contribution in [0.4, 0.5) is 4.79 Å². The van der Waals surface area contributed by atoms with Crippen molar-refractivity contribution in [2.24, 2.45) is 9.98 Å². The van der Waals surface area contributed by atoms with Crippen LogP contribution in [-0.4, -0.2) is 52.8 Å². The first-order valence-electron chi connectivity index (χ1n) is 13.3. The van der Waals surface area contributed by atoms with Gasteiger partial charge in [-0.2, -0.15) is 0 Å². The molecule has 1 N–H and O–H groups in total. The van der Waals surface area contributed by atoms with Crippen molar-refractivity contribution in [1.82, 2.24) is 9.88 Å².